The van der Waals surface area contributed by atoms with Crippen LogP contribution < -0.4 is 0 Å². The van der Waals surface area contributed by atoms with Crippen LogP contribution in [0.25, 0.3) is 0 Å². The van der Waals surface area contributed by atoms with Gasteiger partial charge in [-0.15, -0.1) is 0 Å². The molecule has 21 heavy (non-hydrogen) atoms. The van der Waals surface area contributed by atoms with Crippen LogP contribution in [0.3, 0.4) is 0 Å². The quantitative estimate of drug-likeness (QED) is 0.762. The summed E-state index contributed by atoms with van der Waals surface area (Å²) in [5.74, 6) is -1.42. The zero-order valence-electron chi connectivity index (χ0n) is 11.4. The van der Waals surface area contributed by atoms with E-state index in [0.29, 0.717) is 0 Å². The molecule has 0 aliphatic heterocycles. The van der Waals surface area contributed by atoms with Crippen molar-refractivity contribution in [3.63, 3.8) is 0 Å². The predicted molar refractivity (Wildman–Crippen MR) is 79.0 cm³/mol. The van der Waals surface area contributed by atoms with Gasteiger partial charge in [0.2, 0.25) is 0 Å². The molecular formula is C16H14BO4. The van der Waals surface area contributed by atoms with Crippen LogP contribution in [0.4, 0.5) is 9.59 Å². The number of rotatable bonds is 6. The van der Waals surface area contributed by atoms with Crippen molar-refractivity contribution in [2.24, 2.45) is 0 Å². The summed E-state index contributed by atoms with van der Waals surface area (Å²) >= 11 is 0. The van der Waals surface area contributed by atoms with Gasteiger partial charge in [0.05, 0.1) is 0 Å². The van der Waals surface area contributed by atoms with E-state index in [1.165, 1.54) is 0 Å². The van der Waals surface area contributed by atoms with Gasteiger partial charge in [0.25, 0.3) is 11.7 Å². The SMILES string of the molecule is O=C([B]C(=O)OCc1ccccc1)OCc1ccccc1. The number of ether oxygens (including phenoxy) is 2. The second-order valence-electron chi connectivity index (χ2n) is 4.33. The molecule has 5 heteroatoms. The maximum Gasteiger partial charge on any atom is 0.405 e. The van der Waals surface area contributed by atoms with Crippen LogP contribution in [-0.2, 0) is 22.7 Å². The lowest BCUT2D eigenvalue weighted by Gasteiger charge is -2.05. The van der Waals surface area contributed by atoms with Crippen LogP contribution in [0.2, 0.25) is 0 Å². The minimum Gasteiger partial charge on any atom is -0.469 e. The number of hydrogen-bond acceptors (Lipinski definition) is 4. The molecule has 0 unspecified atom stereocenters. The smallest absolute Gasteiger partial charge is 0.405 e. The summed E-state index contributed by atoms with van der Waals surface area (Å²) in [6, 6.07) is 18.5. The molecule has 0 saturated heterocycles. The monoisotopic (exact) mass is 281 g/mol. The van der Waals surface area contributed by atoms with Crippen LogP contribution in [0.1, 0.15) is 11.1 Å². The van der Waals surface area contributed by atoms with Crippen molar-refractivity contribution < 1.29 is 19.1 Å². The van der Waals surface area contributed by atoms with Gasteiger partial charge in [-0.3, -0.25) is 9.59 Å². The van der Waals surface area contributed by atoms with Gasteiger partial charge in [-0.05, 0) is 11.1 Å². The van der Waals surface area contributed by atoms with E-state index in [2.05, 4.69) is 0 Å². The molecule has 0 bridgehead atoms. The van der Waals surface area contributed by atoms with Crippen LogP contribution in [-0.4, -0.2) is 19.0 Å². The van der Waals surface area contributed by atoms with E-state index >= 15 is 0 Å². The summed E-state index contributed by atoms with van der Waals surface area (Å²) in [6.07, 6.45) is 0. The van der Waals surface area contributed by atoms with Crippen molar-refractivity contribution in [3.05, 3.63) is 71.8 Å². The summed E-state index contributed by atoms with van der Waals surface area (Å²) in [6.45, 7) is 0.254. The Kier molecular flexibility index (Phi) is 5.58. The average Bonchev–Trinajstić information content (AvgIpc) is 2.53. The normalized spacial score (nSPS) is 9.71. The third-order valence-corrected chi connectivity index (χ3v) is 2.68. The average molecular weight is 281 g/mol. The van der Waals surface area contributed by atoms with Gasteiger partial charge in [-0.1, -0.05) is 60.7 Å². The first-order valence-corrected chi connectivity index (χ1v) is 6.50. The standard InChI is InChI=1S/C16H14BO4/c18-15(20-11-13-7-3-1-4-8-13)17-16(19)21-12-14-9-5-2-6-10-14/h1-10H,11-12H2. The van der Waals surface area contributed by atoms with Gasteiger partial charge in [-0.2, -0.15) is 0 Å². The topological polar surface area (TPSA) is 52.6 Å². The second kappa shape index (κ2) is 7.90. The minimum atomic E-state index is -0.711. The Bertz CT molecular complexity index is 530. The van der Waals surface area contributed by atoms with Gasteiger partial charge in [0.1, 0.15) is 13.2 Å². The summed E-state index contributed by atoms with van der Waals surface area (Å²) in [4.78, 5) is 22.9. The Morgan fingerprint density at radius 1 is 0.714 bits per heavy atom. The van der Waals surface area contributed by atoms with E-state index in [0.717, 1.165) is 18.4 Å². The van der Waals surface area contributed by atoms with E-state index in [1.54, 1.807) is 0 Å². The van der Waals surface area contributed by atoms with E-state index in [4.69, 9.17) is 9.47 Å². The molecule has 1 radical (unpaired) electrons. The fraction of sp³-hybridized carbons (Fsp3) is 0.125. The molecule has 0 atom stereocenters. The first-order valence-electron chi connectivity index (χ1n) is 6.50. The first-order chi connectivity index (χ1) is 10.2. The number of hydrogen-bond donors (Lipinski definition) is 0. The zero-order valence-corrected chi connectivity index (χ0v) is 11.4. The van der Waals surface area contributed by atoms with Crippen LogP contribution >= 0.6 is 0 Å². The maximum atomic E-state index is 11.5. The molecule has 0 aliphatic rings. The van der Waals surface area contributed by atoms with Gasteiger partial charge >= 0.3 is 7.28 Å². The fourth-order valence-corrected chi connectivity index (χ4v) is 1.64. The largest absolute Gasteiger partial charge is 0.469 e. The Morgan fingerprint density at radius 3 is 1.48 bits per heavy atom. The summed E-state index contributed by atoms with van der Waals surface area (Å²) < 4.78 is 9.91. The van der Waals surface area contributed by atoms with Gasteiger partial charge in [0, 0.05) is 0 Å². The summed E-state index contributed by atoms with van der Waals surface area (Å²) in [5.41, 5.74) is 1.72. The van der Waals surface area contributed by atoms with Crippen molar-refractivity contribution in [1.82, 2.24) is 0 Å². The lowest BCUT2D eigenvalue weighted by atomic mass is 9.79. The zero-order chi connectivity index (χ0) is 14.9. The predicted octanol–water partition coefficient (Wildman–Crippen LogP) is 3.36. The number of benzene rings is 2. The van der Waals surface area contributed by atoms with Gasteiger partial charge in [0.15, 0.2) is 0 Å². The lowest BCUT2D eigenvalue weighted by Crippen LogP contribution is -2.21. The number of carbonyl (C=O) groups excluding carboxylic acids is 2. The van der Waals surface area contributed by atoms with Crippen LogP contribution in [0.5, 0.6) is 0 Å². The molecule has 0 N–H and O–H groups in total. The van der Waals surface area contributed by atoms with Crippen molar-refractivity contribution in [2.75, 3.05) is 0 Å². The molecule has 2 rings (SSSR count). The molecule has 105 valence electrons. The number of carbonyl (C=O) groups is 2. The third kappa shape index (κ3) is 5.52. The highest BCUT2D eigenvalue weighted by Gasteiger charge is 2.16. The molecule has 0 aliphatic carbocycles. The van der Waals surface area contributed by atoms with Crippen molar-refractivity contribution in [1.29, 1.82) is 0 Å². The van der Waals surface area contributed by atoms with Gasteiger partial charge in [-0.25, -0.2) is 0 Å². The molecule has 0 saturated carbocycles. The van der Waals surface area contributed by atoms with Crippen LogP contribution in [0.15, 0.2) is 60.7 Å². The highest BCUT2D eigenvalue weighted by atomic mass is 16.5. The van der Waals surface area contributed by atoms with E-state index in [9.17, 15) is 9.59 Å². The van der Waals surface area contributed by atoms with Crippen molar-refractivity contribution >= 4 is 19.0 Å². The molecule has 0 fully saturated rings. The molecule has 0 aromatic heterocycles. The summed E-state index contributed by atoms with van der Waals surface area (Å²) in [7, 11) is 0.811. The van der Waals surface area contributed by atoms with Crippen molar-refractivity contribution in [3.8, 4) is 0 Å². The summed E-state index contributed by atoms with van der Waals surface area (Å²) in [5, 5.41) is 0. The lowest BCUT2D eigenvalue weighted by molar-refractivity contribution is 0.158. The van der Waals surface area contributed by atoms with E-state index in [-0.39, 0.29) is 13.2 Å². The van der Waals surface area contributed by atoms with E-state index in [1.807, 2.05) is 60.7 Å². The van der Waals surface area contributed by atoms with E-state index < -0.39 is 11.7 Å². The Morgan fingerprint density at radius 2 is 1.10 bits per heavy atom. The first kappa shape index (κ1) is 14.8. The molecule has 2 aromatic rings. The molecule has 2 aromatic carbocycles. The third-order valence-electron chi connectivity index (χ3n) is 2.68. The fourth-order valence-electron chi connectivity index (χ4n) is 1.64. The molecule has 0 spiro atoms. The second-order valence-corrected chi connectivity index (χ2v) is 4.33. The highest BCUT2D eigenvalue weighted by Crippen LogP contribution is 2.03. The Labute approximate surface area is 123 Å². The van der Waals surface area contributed by atoms with Crippen molar-refractivity contribution in [2.45, 2.75) is 13.2 Å². The molecular weight excluding hydrogens is 267 g/mol. The van der Waals surface area contributed by atoms with Gasteiger partial charge < -0.3 is 9.47 Å². The Hall–Kier alpha value is -2.56. The highest BCUT2D eigenvalue weighted by molar-refractivity contribution is 6.94. The molecule has 4 nitrogen and oxygen atoms in total. The minimum absolute atomic E-state index is 0.127. The molecule has 0 amide bonds. The molecule has 0 heterocycles. The maximum absolute atomic E-state index is 11.5. The van der Waals surface area contributed by atoms with Crippen LogP contribution in [0, 0.1) is 0 Å². The Balaban J connectivity index is 1.69.